The van der Waals surface area contributed by atoms with Gasteiger partial charge in [-0.05, 0) is 38.3 Å². The van der Waals surface area contributed by atoms with Crippen molar-refractivity contribution in [3.63, 3.8) is 0 Å². The summed E-state index contributed by atoms with van der Waals surface area (Å²) in [4.78, 5) is 15.7. The van der Waals surface area contributed by atoms with Crippen molar-refractivity contribution >= 4 is 16.0 Å². The van der Waals surface area contributed by atoms with E-state index in [2.05, 4.69) is 10.1 Å². The van der Waals surface area contributed by atoms with Crippen LogP contribution in [-0.4, -0.2) is 50.6 Å². The number of sulfonamides is 1. The maximum atomic E-state index is 13.2. The molecule has 9 heteroatoms. The summed E-state index contributed by atoms with van der Waals surface area (Å²) in [7, 11) is -3.80. The molecule has 2 fully saturated rings. The van der Waals surface area contributed by atoms with Crippen molar-refractivity contribution in [3.05, 3.63) is 36.3 Å². The summed E-state index contributed by atoms with van der Waals surface area (Å²) in [5, 5.41) is 13.5. The van der Waals surface area contributed by atoms with Crippen LogP contribution in [0.5, 0.6) is 0 Å². The number of nitrogens with zero attached hydrogens (tertiary/aromatic N) is 4. The third-order valence-corrected chi connectivity index (χ3v) is 7.26. The number of fused-ring (bicyclic) bond motifs is 2. The van der Waals surface area contributed by atoms with E-state index < -0.39 is 28.0 Å². The van der Waals surface area contributed by atoms with Crippen molar-refractivity contribution < 1.29 is 18.3 Å². The molecule has 25 heavy (non-hydrogen) atoms. The van der Waals surface area contributed by atoms with Crippen LogP contribution >= 0.6 is 0 Å². The van der Waals surface area contributed by atoms with Gasteiger partial charge in [0.2, 0.25) is 10.0 Å². The van der Waals surface area contributed by atoms with Crippen LogP contribution in [0.15, 0.2) is 35.5 Å². The Morgan fingerprint density at radius 2 is 2.12 bits per heavy atom. The normalized spacial score (nSPS) is 26.2. The van der Waals surface area contributed by atoms with Crippen LogP contribution in [0.2, 0.25) is 0 Å². The molecule has 3 unspecified atom stereocenters. The van der Waals surface area contributed by atoms with Crippen LogP contribution < -0.4 is 0 Å². The molecule has 2 aliphatic heterocycles. The van der Waals surface area contributed by atoms with Crippen LogP contribution in [0.25, 0.3) is 5.82 Å². The number of carbonyl (C=O) groups is 1. The highest BCUT2D eigenvalue weighted by molar-refractivity contribution is 7.89. The second kappa shape index (κ2) is 5.63. The molecule has 3 atom stereocenters. The molecule has 0 aliphatic carbocycles. The Morgan fingerprint density at radius 1 is 1.32 bits per heavy atom. The first kappa shape index (κ1) is 16.2. The quantitative estimate of drug-likeness (QED) is 0.876. The van der Waals surface area contributed by atoms with Crippen molar-refractivity contribution in [2.75, 3.05) is 0 Å². The van der Waals surface area contributed by atoms with Gasteiger partial charge in [0, 0.05) is 18.3 Å². The summed E-state index contributed by atoms with van der Waals surface area (Å²) in [5.41, 5.74) is 0.469. The lowest BCUT2D eigenvalue weighted by Crippen LogP contribution is -2.38. The van der Waals surface area contributed by atoms with Gasteiger partial charge in [0.1, 0.15) is 4.90 Å². The molecular weight excluding hydrogens is 344 g/mol. The van der Waals surface area contributed by atoms with Gasteiger partial charge in [-0.25, -0.2) is 18.1 Å². The molecule has 0 amide bonds. The Bertz CT molecular complexity index is 925. The monoisotopic (exact) mass is 362 g/mol. The zero-order valence-electron chi connectivity index (χ0n) is 13.6. The molecule has 0 radical (unpaired) electrons. The number of hydrogen-bond acceptors (Lipinski definition) is 5. The summed E-state index contributed by atoms with van der Waals surface area (Å²) in [5.74, 6) is -1.01. The van der Waals surface area contributed by atoms with Gasteiger partial charge in [-0.1, -0.05) is 6.07 Å². The van der Waals surface area contributed by atoms with Gasteiger partial charge in [-0.3, -0.25) is 4.79 Å². The molecule has 0 aromatic carbocycles. The summed E-state index contributed by atoms with van der Waals surface area (Å²) in [6, 6.07) is 4.61. The van der Waals surface area contributed by atoms with Crippen LogP contribution in [0.4, 0.5) is 0 Å². The van der Waals surface area contributed by atoms with Crippen LogP contribution in [0, 0.1) is 12.8 Å². The Hall–Kier alpha value is -2.26. The molecule has 2 aliphatic rings. The number of aliphatic carboxylic acids is 1. The van der Waals surface area contributed by atoms with E-state index in [1.165, 1.54) is 15.2 Å². The lowest BCUT2D eigenvalue weighted by Gasteiger charge is -2.22. The van der Waals surface area contributed by atoms with E-state index in [1.54, 1.807) is 31.3 Å². The molecule has 2 bridgehead atoms. The fourth-order valence-corrected chi connectivity index (χ4v) is 6.11. The predicted molar refractivity (Wildman–Crippen MR) is 87.7 cm³/mol. The molecule has 0 spiro atoms. The van der Waals surface area contributed by atoms with Gasteiger partial charge in [0.25, 0.3) is 0 Å². The molecule has 0 saturated carbocycles. The van der Waals surface area contributed by atoms with Crippen LogP contribution in [0.3, 0.4) is 0 Å². The fraction of sp³-hybridized carbons (Fsp3) is 0.438. The summed E-state index contributed by atoms with van der Waals surface area (Å²) in [6.45, 7) is 1.68. The zero-order valence-corrected chi connectivity index (χ0v) is 14.4. The third-order valence-electron chi connectivity index (χ3n) is 5.18. The van der Waals surface area contributed by atoms with E-state index in [0.29, 0.717) is 30.8 Å². The first-order chi connectivity index (χ1) is 11.9. The summed E-state index contributed by atoms with van der Waals surface area (Å²) >= 11 is 0. The number of pyridine rings is 1. The maximum absolute atomic E-state index is 13.2. The van der Waals surface area contributed by atoms with E-state index in [9.17, 15) is 18.3 Å². The molecule has 2 aromatic heterocycles. The second-order valence-electron chi connectivity index (χ2n) is 6.51. The van der Waals surface area contributed by atoms with Crippen molar-refractivity contribution in [2.45, 2.75) is 43.2 Å². The van der Waals surface area contributed by atoms with E-state index in [4.69, 9.17) is 0 Å². The maximum Gasteiger partial charge on any atom is 0.308 e. The third kappa shape index (κ3) is 2.37. The Morgan fingerprint density at radius 3 is 2.76 bits per heavy atom. The standard InChI is InChI=1S/C16H18N4O4S/c1-10-14(9-18-19(10)15-4-2-3-7-17-15)25(23,24)20-11-5-6-13(20)12(8-11)16(21)22/h2-4,7,9,11-13H,5-6,8H2,1H3,(H,21,22). The lowest BCUT2D eigenvalue weighted by molar-refractivity contribution is -0.142. The van der Waals surface area contributed by atoms with E-state index >= 15 is 0 Å². The summed E-state index contributed by atoms with van der Waals surface area (Å²) < 4.78 is 29.3. The molecular formula is C16H18N4O4S. The Balaban J connectivity index is 1.73. The molecule has 8 nitrogen and oxygen atoms in total. The molecule has 1 N–H and O–H groups in total. The first-order valence-corrected chi connectivity index (χ1v) is 9.57. The minimum Gasteiger partial charge on any atom is -0.481 e. The predicted octanol–water partition coefficient (Wildman–Crippen LogP) is 1.20. The topological polar surface area (TPSA) is 105 Å². The minimum atomic E-state index is -3.80. The minimum absolute atomic E-state index is 0.112. The van der Waals surface area contributed by atoms with Gasteiger partial charge >= 0.3 is 5.97 Å². The zero-order chi connectivity index (χ0) is 17.8. The average molecular weight is 362 g/mol. The number of aromatic nitrogens is 3. The van der Waals surface area contributed by atoms with Gasteiger partial charge in [0.15, 0.2) is 5.82 Å². The van der Waals surface area contributed by atoms with E-state index in [-0.39, 0.29) is 10.9 Å². The van der Waals surface area contributed by atoms with Crippen LogP contribution in [0.1, 0.15) is 25.0 Å². The van der Waals surface area contributed by atoms with Crippen molar-refractivity contribution in [2.24, 2.45) is 5.92 Å². The van der Waals surface area contributed by atoms with E-state index in [0.717, 1.165) is 0 Å². The summed E-state index contributed by atoms with van der Waals surface area (Å²) in [6.07, 6.45) is 4.62. The highest BCUT2D eigenvalue weighted by Gasteiger charge is 2.54. The number of hydrogen-bond donors (Lipinski definition) is 1. The highest BCUT2D eigenvalue weighted by Crippen LogP contribution is 2.45. The SMILES string of the molecule is Cc1c(S(=O)(=O)N2C3CCC2C(C(=O)O)C3)cnn1-c1ccccn1. The Labute approximate surface area is 145 Å². The molecule has 4 heterocycles. The van der Waals surface area contributed by atoms with Crippen molar-refractivity contribution in [3.8, 4) is 5.82 Å². The highest BCUT2D eigenvalue weighted by atomic mass is 32.2. The van der Waals surface area contributed by atoms with Gasteiger partial charge in [-0.2, -0.15) is 9.40 Å². The fourth-order valence-electron chi connectivity index (χ4n) is 4.05. The van der Waals surface area contributed by atoms with Gasteiger partial charge in [-0.15, -0.1) is 0 Å². The van der Waals surface area contributed by atoms with Crippen molar-refractivity contribution in [1.29, 1.82) is 0 Å². The van der Waals surface area contributed by atoms with Crippen LogP contribution in [-0.2, 0) is 14.8 Å². The molecule has 2 aromatic rings. The Kier molecular flexibility index (Phi) is 3.66. The van der Waals surface area contributed by atoms with E-state index in [1.807, 2.05) is 0 Å². The lowest BCUT2D eigenvalue weighted by atomic mass is 9.89. The van der Waals surface area contributed by atoms with Crippen molar-refractivity contribution in [1.82, 2.24) is 19.1 Å². The molecule has 4 rings (SSSR count). The average Bonchev–Trinajstić information content (AvgIpc) is 3.28. The number of carboxylic acid groups (broad SMARTS) is 1. The molecule has 2 saturated heterocycles. The largest absolute Gasteiger partial charge is 0.481 e. The second-order valence-corrected chi connectivity index (χ2v) is 8.32. The van der Waals surface area contributed by atoms with Gasteiger partial charge < -0.3 is 5.11 Å². The first-order valence-electron chi connectivity index (χ1n) is 8.13. The molecule has 132 valence electrons. The smallest absolute Gasteiger partial charge is 0.308 e. The number of rotatable bonds is 4. The van der Waals surface area contributed by atoms with Gasteiger partial charge in [0.05, 0.1) is 17.8 Å². The number of carboxylic acids is 1.